The van der Waals surface area contributed by atoms with E-state index in [1.165, 1.54) is 0 Å². The molecule has 2 fully saturated rings. The van der Waals surface area contributed by atoms with Crippen LogP contribution in [0.1, 0.15) is 76.8 Å². The van der Waals surface area contributed by atoms with Gasteiger partial charge >= 0.3 is 0 Å². The topological polar surface area (TPSA) is 77.5 Å². The Morgan fingerprint density at radius 3 is 1.53 bits per heavy atom. The number of rotatable bonds is 10. The van der Waals surface area contributed by atoms with Crippen LogP contribution >= 0.6 is 0 Å². The number of fused-ring (bicyclic) bond motifs is 4. The molecule has 2 amide bonds. The second kappa shape index (κ2) is 12.3. The lowest BCUT2D eigenvalue weighted by atomic mass is 10.00. The molecule has 4 aliphatic rings. The standard InChI is InChI=1S/C35H42N2O6/c1-22-14-26-10-8-24-16-32(30(40-3)18-28(24)34(38)36(26)20-22)42-12-6-5-7-13-43-33-17-25-9-11-27-15-23(2)21-37(27)35(39)29(25)19-31(33)41-4/h16-19,26-27H,1-2,5-15,20-21H2,3-4H3/t26-,27-/m1/s1. The zero-order valence-corrected chi connectivity index (χ0v) is 25.4. The van der Waals surface area contributed by atoms with Crippen molar-refractivity contribution in [2.24, 2.45) is 0 Å². The molecule has 2 aromatic carbocycles. The van der Waals surface area contributed by atoms with Crippen LogP contribution < -0.4 is 18.9 Å². The maximum atomic E-state index is 13.2. The minimum Gasteiger partial charge on any atom is -0.493 e. The van der Waals surface area contributed by atoms with Crippen LogP contribution in [-0.2, 0) is 12.8 Å². The molecule has 0 bridgehead atoms. The average Bonchev–Trinajstić information content (AvgIpc) is 3.51. The third kappa shape index (κ3) is 5.84. The smallest absolute Gasteiger partial charge is 0.254 e. The van der Waals surface area contributed by atoms with Gasteiger partial charge in [0.1, 0.15) is 0 Å². The van der Waals surface area contributed by atoms with Crippen LogP contribution in [0.4, 0.5) is 0 Å². The van der Waals surface area contributed by atoms with E-state index in [2.05, 4.69) is 13.2 Å². The van der Waals surface area contributed by atoms with Crippen LogP contribution in [0.3, 0.4) is 0 Å². The van der Waals surface area contributed by atoms with Crippen molar-refractivity contribution in [3.05, 3.63) is 70.8 Å². The fraction of sp³-hybridized carbons (Fsp3) is 0.486. The first kappa shape index (κ1) is 29.1. The summed E-state index contributed by atoms with van der Waals surface area (Å²) in [5.41, 5.74) is 5.72. The third-order valence-electron chi connectivity index (χ3n) is 9.28. The molecule has 0 aliphatic carbocycles. The van der Waals surface area contributed by atoms with Gasteiger partial charge in [-0.2, -0.15) is 0 Å². The summed E-state index contributed by atoms with van der Waals surface area (Å²) in [5, 5.41) is 0. The van der Waals surface area contributed by atoms with Crippen molar-refractivity contribution >= 4 is 11.8 Å². The van der Waals surface area contributed by atoms with E-state index in [0.29, 0.717) is 60.4 Å². The molecular weight excluding hydrogens is 544 g/mol. The number of hydrogen-bond donors (Lipinski definition) is 0. The van der Waals surface area contributed by atoms with Crippen LogP contribution in [0.15, 0.2) is 48.6 Å². The van der Waals surface area contributed by atoms with Crippen LogP contribution in [-0.4, -0.2) is 74.2 Å². The molecule has 0 radical (unpaired) electrons. The average molecular weight is 587 g/mol. The van der Waals surface area contributed by atoms with Crippen molar-refractivity contribution in [3.63, 3.8) is 0 Å². The Morgan fingerprint density at radius 2 is 1.12 bits per heavy atom. The zero-order chi connectivity index (χ0) is 30.1. The largest absolute Gasteiger partial charge is 0.493 e. The fourth-order valence-corrected chi connectivity index (χ4v) is 7.01. The summed E-state index contributed by atoms with van der Waals surface area (Å²) in [6, 6.07) is 8.12. The number of hydrogen-bond acceptors (Lipinski definition) is 6. The van der Waals surface area contributed by atoms with E-state index >= 15 is 0 Å². The van der Waals surface area contributed by atoms with Crippen molar-refractivity contribution in [3.8, 4) is 23.0 Å². The predicted molar refractivity (Wildman–Crippen MR) is 165 cm³/mol. The predicted octanol–water partition coefficient (Wildman–Crippen LogP) is 5.77. The number of unbranched alkanes of at least 4 members (excludes halogenated alkanes) is 2. The lowest BCUT2D eigenvalue weighted by molar-refractivity contribution is 0.0734. The van der Waals surface area contributed by atoms with Gasteiger partial charge in [0, 0.05) is 36.3 Å². The van der Waals surface area contributed by atoms with Gasteiger partial charge in [-0.1, -0.05) is 24.3 Å². The molecule has 8 nitrogen and oxygen atoms in total. The van der Waals surface area contributed by atoms with Crippen molar-refractivity contribution in [1.82, 2.24) is 9.80 Å². The molecule has 0 spiro atoms. The zero-order valence-electron chi connectivity index (χ0n) is 25.4. The van der Waals surface area contributed by atoms with E-state index in [4.69, 9.17) is 18.9 Å². The molecule has 6 rings (SSSR count). The number of ether oxygens (including phenoxy) is 4. The summed E-state index contributed by atoms with van der Waals surface area (Å²) in [7, 11) is 3.22. The molecule has 2 saturated heterocycles. The van der Waals surface area contributed by atoms with E-state index in [-0.39, 0.29) is 23.9 Å². The van der Waals surface area contributed by atoms with Gasteiger partial charge in [0.25, 0.3) is 11.8 Å². The Hall–Kier alpha value is -3.94. The van der Waals surface area contributed by atoms with Gasteiger partial charge in [-0.3, -0.25) is 9.59 Å². The molecular formula is C35H42N2O6. The van der Waals surface area contributed by atoms with Gasteiger partial charge in [-0.25, -0.2) is 0 Å². The molecule has 0 saturated carbocycles. The molecule has 0 aromatic heterocycles. The highest BCUT2D eigenvalue weighted by atomic mass is 16.5. The summed E-state index contributed by atoms with van der Waals surface area (Å²) in [5.74, 6) is 2.67. The van der Waals surface area contributed by atoms with E-state index in [1.807, 2.05) is 34.1 Å². The molecule has 2 aromatic rings. The molecule has 43 heavy (non-hydrogen) atoms. The van der Waals surface area contributed by atoms with E-state index in [9.17, 15) is 9.59 Å². The molecule has 0 unspecified atom stereocenters. The minimum absolute atomic E-state index is 0.0605. The number of nitrogens with zero attached hydrogens (tertiary/aromatic N) is 2. The molecule has 0 N–H and O–H groups in total. The summed E-state index contributed by atoms with van der Waals surface area (Å²) < 4.78 is 23.5. The summed E-state index contributed by atoms with van der Waals surface area (Å²) in [6.45, 7) is 10.6. The van der Waals surface area contributed by atoms with Gasteiger partial charge in [0.15, 0.2) is 23.0 Å². The summed E-state index contributed by atoms with van der Waals surface area (Å²) in [6.07, 6.45) is 7.96. The van der Waals surface area contributed by atoms with Gasteiger partial charge < -0.3 is 28.7 Å². The fourth-order valence-electron chi connectivity index (χ4n) is 7.01. The third-order valence-corrected chi connectivity index (χ3v) is 9.28. The van der Waals surface area contributed by atoms with Crippen LogP contribution in [0.5, 0.6) is 23.0 Å². The van der Waals surface area contributed by atoms with Gasteiger partial charge in [0.05, 0.1) is 27.4 Å². The first-order chi connectivity index (χ1) is 20.9. The Labute approximate surface area is 254 Å². The lowest BCUT2D eigenvalue weighted by Gasteiger charge is -2.21. The Kier molecular flexibility index (Phi) is 8.37. The molecule has 8 heteroatoms. The Bertz CT molecular complexity index is 1340. The lowest BCUT2D eigenvalue weighted by Crippen LogP contribution is -2.34. The van der Waals surface area contributed by atoms with Gasteiger partial charge in [0.2, 0.25) is 0 Å². The van der Waals surface area contributed by atoms with Crippen LogP contribution in [0, 0.1) is 0 Å². The highest BCUT2D eigenvalue weighted by molar-refractivity contribution is 5.98. The molecule has 2 atom stereocenters. The second-order valence-electron chi connectivity index (χ2n) is 12.2. The van der Waals surface area contributed by atoms with E-state index in [1.54, 1.807) is 14.2 Å². The normalized spacial score (nSPS) is 21.1. The van der Waals surface area contributed by atoms with E-state index < -0.39 is 0 Å². The second-order valence-corrected chi connectivity index (χ2v) is 12.2. The maximum Gasteiger partial charge on any atom is 0.254 e. The molecule has 228 valence electrons. The number of methoxy groups -OCH3 is 2. The van der Waals surface area contributed by atoms with Crippen LogP contribution in [0.25, 0.3) is 0 Å². The Balaban J connectivity index is 1.01. The maximum absolute atomic E-state index is 13.2. The number of aryl methyl sites for hydroxylation is 2. The van der Waals surface area contributed by atoms with Gasteiger partial charge in [-0.15, -0.1) is 0 Å². The molecule has 4 aliphatic heterocycles. The first-order valence-electron chi connectivity index (χ1n) is 15.5. The van der Waals surface area contributed by atoms with Crippen LogP contribution in [0.2, 0.25) is 0 Å². The monoisotopic (exact) mass is 586 g/mol. The molecule has 4 heterocycles. The highest BCUT2D eigenvalue weighted by Gasteiger charge is 2.36. The van der Waals surface area contributed by atoms with Crippen molar-refractivity contribution in [1.29, 1.82) is 0 Å². The highest BCUT2D eigenvalue weighted by Crippen LogP contribution is 2.39. The summed E-state index contributed by atoms with van der Waals surface area (Å²) in [4.78, 5) is 30.4. The van der Waals surface area contributed by atoms with Crippen molar-refractivity contribution < 1.29 is 28.5 Å². The number of amides is 2. The number of carbonyl (C=O) groups is 2. The minimum atomic E-state index is 0.0605. The van der Waals surface area contributed by atoms with E-state index in [0.717, 1.165) is 80.1 Å². The summed E-state index contributed by atoms with van der Waals surface area (Å²) >= 11 is 0. The SMILES string of the molecule is C=C1C[C@H]2CCc3cc(OCCCCCOc4cc5c(cc4OC)C(=O)N4CC(=C)C[C@H]4CC5)c(OC)cc3C(=O)N2C1. The Morgan fingerprint density at radius 1 is 0.674 bits per heavy atom. The van der Waals surface area contributed by atoms with Crippen molar-refractivity contribution in [2.75, 3.05) is 40.5 Å². The first-order valence-corrected chi connectivity index (χ1v) is 15.5. The van der Waals surface area contributed by atoms with Crippen molar-refractivity contribution in [2.45, 2.75) is 69.9 Å². The number of carbonyl (C=O) groups excluding carboxylic acids is 2. The quantitative estimate of drug-likeness (QED) is 0.260. The number of benzene rings is 2. The van der Waals surface area contributed by atoms with Gasteiger partial charge in [-0.05, 0) is 93.2 Å².